The summed E-state index contributed by atoms with van der Waals surface area (Å²) in [5, 5.41) is 22.3. The molecule has 5 aromatic rings. The molecule has 0 unspecified atom stereocenters. The highest BCUT2D eigenvalue weighted by Crippen LogP contribution is 2.44. The number of fused-ring (bicyclic) bond motifs is 1. The molecule has 1 atom stereocenters. The Morgan fingerprint density at radius 2 is 1.78 bits per heavy atom. The number of aliphatic hydroxyl groups is 1. The maximum absolute atomic E-state index is 14.4. The van der Waals surface area contributed by atoms with Crippen molar-refractivity contribution in [1.82, 2.24) is 10.2 Å². The third kappa shape index (κ3) is 5.18. The molecular formula is C31H21BrFN3O3S2. The number of carbonyl (C=O) groups excluding carboxylic acids is 2. The summed E-state index contributed by atoms with van der Waals surface area (Å²) in [5.74, 6) is -2.05. The van der Waals surface area contributed by atoms with Gasteiger partial charge >= 0.3 is 5.91 Å². The quantitative estimate of drug-likeness (QED) is 0.0666. The molecule has 204 valence electrons. The zero-order valence-electron chi connectivity index (χ0n) is 21.5. The van der Waals surface area contributed by atoms with Gasteiger partial charge in [-0.2, -0.15) is 0 Å². The van der Waals surface area contributed by atoms with Gasteiger partial charge in [-0.25, -0.2) is 4.39 Å². The summed E-state index contributed by atoms with van der Waals surface area (Å²) < 4.78 is 15.8. The minimum absolute atomic E-state index is 0.108. The van der Waals surface area contributed by atoms with E-state index in [-0.39, 0.29) is 16.3 Å². The number of ketones is 1. The number of thioether (sulfide) groups is 1. The van der Waals surface area contributed by atoms with Crippen LogP contribution in [-0.2, 0) is 15.3 Å². The number of carbonyl (C=O) groups is 2. The molecule has 1 saturated heterocycles. The van der Waals surface area contributed by atoms with Gasteiger partial charge in [0.25, 0.3) is 5.78 Å². The maximum atomic E-state index is 14.4. The van der Waals surface area contributed by atoms with Crippen LogP contribution in [0.2, 0.25) is 0 Å². The lowest BCUT2D eigenvalue weighted by Gasteiger charge is -2.22. The first kappa shape index (κ1) is 27.3. The molecule has 41 heavy (non-hydrogen) atoms. The topological polar surface area (TPSA) is 83.4 Å². The highest BCUT2D eigenvalue weighted by atomic mass is 79.9. The van der Waals surface area contributed by atoms with Crippen LogP contribution in [0, 0.1) is 12.7 Å². The van der Waals surface area contributed by atoms with Crippen molar-refractivity contribution >= 4 is 72.4 Å². The zero-order chi connectivity index (χ0) is 28.7. The van der Waals surface area contributed by atoms with Crippen LogP contribution in [0.25, 0.3) is 16.5 Å². The number of nitrogens with zero attached hydrogens (tertiary/aromatic N) is 3. The first-order valence-electron chi connectivity index (χ1n) is 12.6. The Labute approximate surface area is 251 Å². The summed E-state index contributed by atoms with van der Waals surface area (Å²) in [5.41, 5.74) is 2.10. The van der Waals surface area contributed by atoms with Gasteiger partial charge in [0.15, 0.2) is 4.34 Å². The SMILES string of the molecule is Cc1ccc(C(O)=C2C(=O)C(=O)N(c3nnc(SCc4cccc5ccccc45)s3)[C@H]2c2ccc(Br)cc2)cc1F. The molecule has 0 aliphatic carbocycles. The highest BCUT2D eigenvalue weighted by molar-refractivity contribution is 9.10. The van der Waals surface area contributed by atoms with E-state index < -0.39 is 29.3 Å². The average Bonchev–Trinajstić information content (AvgIpc) is 3.55. The number of aliphatic hydroxyl groups excluding tert-OH is 1. The molecule has 1 N–H and O–H groups in total. The summed E-state index contributed by atoms with van der Waals surface area (Å²) in [6.45, 7) is 1.60. The van der Waals surface area contributed by atoms with Crippen LogP contribution in [0.3, 0.4) is 0 Å². The molecule has 0 saturated carbocycles. The monoisotopic (exact) mass is 645 g/mol. The van der Waals surface area contributed by atoms with E-state index in [2.05, 4.69) is 50.4 Å². The van der Waals surface area contributed by atoms with Crippen molar-refractivity contribution in [3.63, 3.8) is 0 Å². The number of amides is 1. The number of aryl methyl sites for hydroxylation is 1. The standard InChI is InChI=1S/C31H21BrFN3O3S2/c1-17-9-10-20(15-24(17)33)27(37)25-26(19-11-13-22(32)14-12-19)36(29(39)28(25)38)30-34-35-31(41-30)40-16-21-7-4-6-18-5-2-3-8-23(18)21/h2-15,26,37H,16H2,1H3/t26-/m0/s1. The smallest absolute Gasteiger partial charge is 0.301 e. The van der Waals surface area contributed by atoms with Gasteiger partial charge in [-0.1, -0.05) is 106 Å². The number of benzene rings is 4. The molecule has 6 rings (SSSR count). The van der Waals surface area contributed by atoms with Crippen molar-refractivity contribution in [3.05, 3.63) is 123 Å². The molecule has 1 aromatic heterocycles. The summed E-state index contributed by atoms with van der Waals surface area (Å²) in [7, 11) is 0. The molecule has 0 bridgehead atoms. The molecule has 1 fully saturated rings. The van der Waals surface area contributed by atoms with E-state index >= 15 is 0 Å². The lowest BCUT2D eigenvalue weighted by Crippen LogP contribution is -2.29. The minimum Gasteiger partial charge on any atom is -0.507 e. The Morgan fingerprint density at radius 3 is 2.56 bits per heavy atom. The normalized spacial score (nSPS) is 16.6. The predicted octanol–water partition coefficient (Wildman–Crippen LogP) is 7.82. The third-order valence-corrected chi connectivity index (χ3v) is 9.54. The molecule has 2 heterocycles. The second kappa shape index (κ2) is 11.2. The maximum Gasteiger partial charge on any atom is 0.301 e. The van der Waals surface area contributed by atoms with Crippen LogP contribution in [0.4, 0.5) is 9.52 Å². The Hall–Kier alpha value is -3.86. The number of anilines is 1. The van der Waals surface area contributed by atoms with E-state index in [4.69, 9.17) is 0 Å². The molecule has 1 aliphatic heterocycles. The zero-order valence-corrected chi connectivity index (χ0v) is 24.8. The average molecular weight is 647 g/mol. The van der Waals surface area contributed by atoms with Gasteiger partial charge in [0, 0.05) is 15.8 Å². The van der Waals surface area contributed by atoms with Crippen LogP contribution in [0.15, 0.2) is 99.3 Å². The lowest BCUT2D eigenvalue weighted by molar-refractivity contribution is -0.132. The summed E-state index contributed by atoms with van der Waals surface area (Å²) in [6.07, 6.45) is 0. The van der Waals surface area contributed by atoms with E-state index in [1.165, 1.54) is 40.1 Å². The van der Waals surface area contributed by atoms with Crippen molar-refractivity contribution < 1.29 is 19.1 Å². The van der Waals surface area contributed by atoms with Crippen LogP contribution in [0.1, 0.15) is 28.3 Å². The van der Waals surface area contributed by atoms with Crippen molar-refractivity contribution in [2.75, 3.05) is 4.90 Å². The third-order valence-electron chi connectivity index (χ3n) is 6.91. The fraction of sp³-hybridized carbons (Fsp3) is 0.0968. The number of aromatic nitrogens is 2. The van der Waals surface area contributed by atoms with E-state index in [1.807, 2.05) is 18.2 Å². The Bertz CT molecular complexity index is 1850. The minimum atomic E-state index is -0.976. The van der Waals surface area contributed by atoms with Crippen LogP contribution >= 0.6 is 39.0 Å². The van der Waals surface area contributed by atoms with E-state index in [0.717, 1.165) is 26.9 Å². The van der Waals surface area contributed by atoms with Gasteiger partial charge < -0.3 is 5.11 Å². The molecule has 0 spiro atoms. The van der Waals surface area contributed by atoms with Crippen LogP contribution in [0.5, 0.6) is 0 Å². The summed E-state index contributed by atoms with van der Waals surface area (Å²) in [6, 6.07) is 24.6. The van der Waals surface area contributed by atoms with E-state index in [1.54, 1.807) is 31.2 Å². The molecule has 1 amide bonds. The van der Waals surface area contributed by atoms with Gasteiger partial charge in [-0.3, -0.25) is 14.5 Å². The summed E-state index contributed by atoms with van der Waals surface area (Å²) >= 11 is 6.10. The number of rotatable bonds is 6. The molecule has 0 radical (unpaired) electrons. The fourth-order valence-electron chi connectivity index (χ4n) is 4.80. The second-order valence-electron chi connectivity index (χ2n) is 9.46. The first-order valence-corrected chi connectivity index (χ1v) is 15.2. The number of hydrogen-bond donors (Lipinski definition) is 1. The lowest BCUT2D eigenvalue weighted by atomic mass is 9.95. The second-order valence-corrected chi connectivity index (χ2v) is 12.6. The highest BCUT2D eigenvalue weighted by Gasteiger charge is 2.48. The van der Waals surface area contributed by atoms with Crippen molar-refractivity contribution in [2.24, 2.45) is 0 Å². The summed E-state index contributed by atoms with van der Waals surface area (Å²) in [4.78, 5) is 28.1. The molecule has 6 nitrogen and oxygen atoms in total. The van der Waals surface area contributed by atoms with Gasteiger partial charge in [0.05, 0.1) is 11.6 Å². The molecular weight excluding hydrogens is 625 g/mol. The predicted molar refractivity (Wildman–Crippen MR) is 163 cm³/mol. The van der Waals surface area contributed by atoms with Gasteiger partial charge in [-0.05, 0) is 52.6 Å². The van der Waals surface area contributed by atoms with Gasteiger partial charge in [0.2, 0.25) is 5.13 Å². The van der Waals surface area contributed by atoms with Crippen molar-refractivity contribution in [1.29, 1.82) is 0 Å². The molecule has 4 aromatic carbocycles. The van der Waals surface area contributed by atoms with E-state index in [9.17, 15) is 19.1 Å². The number of halogens is 2. The first-order chi connectivity index (χ1) is 19.8. The number of hydrogen-bond acceptors (Lipinski definition) is 7. The van der Waals surface area contributed by atoms with Crippen LogP contribution < -0.4 is 4.90 Å². The Balaban J connectivity index is 1.37. The van der Waals surface area contributed by atoms with Crippen LogP contribution in [-0.4, -0.2) is 27.0 Å². The van der Waals surface area contributed by atoms with Crippen molar-refractivity contribution in [2.45, 2.75) is 23.1 Å². The van der Waals surface area contributed by atoms with Crippen molar-refractivity contribution in [3.8, 4) is 0 Å². The largest absolute Gasteiger partial charge is 0.507 e. The number of Topliss-reactive ketones (excluding diaryl/α,β-unsaturated/α-hetero) is 1. The fourth-order valence-corrected chi connectivity index (χ4v) is 6.94. The Morgan fingerprint density at radius 1 is 1.02 bits per heavy atom. The molecule has 1 aliphatic rings. The Kier molecular flexibility index (Phi) is 7.46. The van der Waals surface area contributed by atoms with Gasteiger partial charge in [0.1, 0.15) is 11.6 Å². The van der Waals surface area contributed by atoms with Gasteiger partial charge in [-0.15, -0.1) is 10.2 Å². The van der Waals surface area contributed by atoms with E-state index in [0.29, 0.717) is 21.2 Å². The molecule has 10 heteroatoms.